The third-order valence-corrected chi connectivity index (χ3v) is 3.38. The lowest BCUT2D eigenvalue weighted by atomic mass is 10.1. The summed E-state index contributed by atoms with van der Waals surface area (Å²) in [6.45, 7) is 1.98. The summed E-state index contributed by atoms with van der Waals surface area (Å²) in [6, 6.07) is 2.09. The molecule has 1 aromatic rings. The number of carbonyl (C=O) groups excluding carboxylic acids is 2. The number of carboxylic acids is 1. The van der Waals surface area contributed by atoms with Crippen LogP contribution < -0.4 is 5.73 Å². The first-order valence-electron chi connectivity index (χ1n) is 6.23. The number of likely N-dealkylation sites (tertiary alicyclic amines) is 1. The second-order valence-electron chi connectivity index (χ2n) is 4.69. The van der Waals surface area contributed by atoms with Gasteiger partial charge in [-0.15, -0.1) is 0 Å². The lowest BCUT2D eigenvalue weighted by Gasteiger charge is -2.21. The highest BCUT2D eigenvalue weighted by Gasteiger charge is 2.33. The third-order valence-electron chi connectivity index (χ3n) is 3.38. The van der Waals surface area contributed by atoms with Gasteiger partial charge in [0.2, 0.25) is 5.91 Å². The molecule has 1 atom stereocenters. The van der Waals surface area contributed by atoms with Crippen molar-refractivity contribution >= 4 is 17.8 Å². The Labute approximate surface area is 115 Å². The highest BCUT2D eigenvalue weighted by molar-refractivity contribution is 5.97. The zero-order chi connectivity index (χ0) is 14.9. The number of amides is 2. The van der Waals surface area contributed by atoms with E-state index in [2.05, 4.69) is 4.98 Å². The lowest BCUT2D eigenvalue weighted by Crippen LogP contribution is -2.44. The Morgan fingerprint density at radius 3 is 2.65 bits per heavy atom. The standard InChI is InChI=1S/C13H15N3O4/c1-7-8(13(19)20)4-5-9(15-7)12(18)16-6-2-3-10(16)11(14)17/h4-5,10H,2-3,6H2,1H3,(H2,14,17)(H,19,20). The van der Waals surface area contributed by atoms with Crippen molar-refractivity contribution in [2.45, 2.75) is 25.8 Å². The Bertz CT molecular complexity index is 585. The Morgan fingerprint density at radius 1 is 1.40 bits per heavy atom. The fourth-order valence-electron chi connectivity index (χ4n) is 2.36. The predicted molar refractivity (Wildman–Crippen MR) is 69.2 cm³/mol. The van der Waals surface area contributed by atoms with Gasteiger partial charge in [-0.1, -0.05) is 0 Å². The molecule has 1 fully saturated rings. The SMILES string of the molecule is Cc1nc(C(=O)N2CCCC2C(N)=O)ccc1C(=O)O. The average molecular weight is 277 g/mol. The molecule has 0 bridgehead atoms. The fraction of sp³-hybridized carbons (Fsp3) is 0.385. The minimum absolute atomic E-state index is 0.0504. The molecule has 106 valence electrons. The smallest absolute Gasteiger partial charge is 0.337 e. The highest BCUT2D eigenvalue weighted by atomic mass is 16.4. The number of hydrogen-bond acceptors (Lipinski definition) is 4. The lowest BCUT2D eigenvalue weighted by molar-refractivity contribution is -0.121. The van der Waals surface area contributed by atoms with Crippen molar-refractivity contribution in [3.8, 4) is 0 Å². The first kappa shape index (κ1) is 14.0. The van der Waals surface area contributed by atoms with Crippen LogP contribution in [0.25, 0.3) is 0 Å². The minimum Gasteiger partial charge on any atom is -0.478 e. The van der Waals surface area contributed by atoms with Crippen molar-refractivity contribution in [1.82, 2.24) is 9.88 Å². The van der Waals surface area contributed by atoms with Crippen molar-refractivity contribution in [2.75, 3.05) is 6.54 Å². The number of aromatic nitrogens is 1. The van der Waals surface area contributed by atoms with Crippen molar-refractivity contribution in [3.63, 3.8) is 0 Å². The van der Waals surface area contributed by atoms with Crippen molar-refractivity contribution in [3.05, 3.63) is 29.1 Å². The Kier molecular flexibility index (Phi) is 3.69. The molecule has 0 aliphatic carbocycles. The van der Waals surface area contributed by atoms with Gasteiger partial charge >= 0.3 is 5.97 Å². The summed E-state index contributed by atoms with van der Waals surface area (Å²) >= 11 is 0. The maximum Gasteiger partial charge on any atom is 0.337 e. The van der Waals surface area contributed by atoms with E-state index >= 15 is 0 Å². The summed E-state index contributed by atoms with van der Waals surface area (Å²) in [7, 11) is 0. The monoisotopic (exact) mass is 277 g/mol. The maximum atomic E-state index is 12.3. The van der Waals surface area contributed by atoms with E-state index in [0.29, 0.717) is 19.4 Å². The quantitative estimate of drug-likeness (QED) is 0.818. The molecule has 2 rings (SSSR count). The molecule has 2 amide bonds. The zero-order valence-electron chi connectivity index (χ0n) is 11.0. The van der Waals surface area contributed by atoms with Gasteiger partial charge in [-0.05, 0) is 31.9 Å². The molecule has 0 saturated carbocycles. The van der Waals surface area contributed by atoms with E-state index in [4.69, 9.17) is 10.8 Å². The highest BCUT2D eigenvalue weighted by Crippen LogP contribution is 2.19. The van der Waals surface area contributed by atoms with Gasteiger partial charge in [0, 0.05) is 6.54 Å². The molecule has 7 nitrogen and oxygen atoms in total. The van der Waals surface area contributed by atoms with Crippen molar-refractivity contribution < 1.29 is 19.5 Å². The van der Waals surface area contributed by atoms with Crippen LogP contribution in [0.15, 0.2) is 12.1 Å². The molecule has 1 saturated heterocycles. The number of carboxylic acid groups (broad SMARTS) is 1. The van der Waals surface area contributed by atoms with Crippen LogP contribution in [0.1, 0.15) is 39.4 Å². The minimum atomic E-state index is -1.09. The number of aryl methyl sites for hydroxylation is 1. The summed E-state index contributed by atoms with van der Waals surface area (Å²) in [4.78, 5) is 39.9. The molecule has 1 unspecified atom stereocenters. The number of nitrogens with two attached hydrogens (primary N) is 1. The summed E-state index contributed by atoms with van der Waals surface area (Å²) in [5.74, 6) is -2.02. The van der Waals surface area contributed by atoms with E-state index in [-0.39, 0.29) is 17.0 Å². The first-order valence-corrected chi connectivity index (χ1v) is 6.23. The Balaban J connectivity index is 2.27. The predicted octanol–water partition coefficient (Wildman–Crippen LogP) is 0.178. The van der Waals surface area contributed by atoms with Crippen molar-refractivity contribution in [2.24, 2.45) is 5.73 Å². The molecule has 1 aromatic heterocycles. The second kappa shape index (κ2) is 5.28. The average Bonchev–Trinajstić information content (AvgIpc) is 2.86. The Hall–Kier alpha value is -2.44. The van der Waals surface area contributed by atoms with E-state index in [1.54, 1.807) is 0 Å². The summed E-state index contributed by atoms with van der Waals surface area (Å²) in [5, 5.41) is 8.92. The van der Waals surface area contributed by atoms with Crippen molar-refractivity contribution in [1.29, 1.82) is 0 Å². The van der Waals surface area contributed by atoms with Crippen LogP contribution in [0.4, 0.5) is 0 Å². The number of carbonyl (C=O) groups is 3. The second-order valence-corrected chi connectivity index (χ2v) is 4.69. The van der Waals surface area contributed by atoms with E-state index in [9.17, 15) is 14.4 Å². The van der Waals surface area contributed by atoms with Crippen LogP contribution in [-0.2, 0) is 4.79 Å². The molecule has 20 heavy (non-hydrogen) atoms. The summed E-state index contributed by atoms with van der Waals surface area (Å²) < 4.78 is 0. The molecule has 0 aromatic carbocycles. The molecule has 0 spiro atoms. The van der Waals surface area contributed by atoms with Gasteiger partial charge < -0.3 is 15.7 Å². The van der Waals surface area contributed by atoms with Gasteiger partial charge in [0.05, 0.1) is 11.3 Å². The molecule has 1 aliphatic rings. The third kappa shape index (κ3) is 2.47. The molecule has 0 radical (unpaired) electrons. The number of pyridine rings is 1. The number of nitrogens with zero attached hydrogens (tertiary/aromatic N) is 2. The number of primary amides is 1. The van der Waals surface area contributed by atoms with Crippen LogP contribution in [0.3, 0.4) is 0 Å². The van der Waals surface area contributed by atoms with E-state index in [1.807, 2.05) is 0 Å². The fourth-order valence-corrected chi connectivity index (χ4v) is 2.36. The van der Waals surface area contributed by atoms with Crippen LogP contribution in [0.2, 0.25) is 0 Å². The number of hydrogen-bond donors (Lipinski definition) is 2. The normalized spacial score (nSPS) is 18.1. The molecule has 1 aliphatic heterocycles. The van der Waals surface area contributed by atoms with Crippen LogP contribution >= 0.6 is 0 Å². The van der Waals surface area contributed by atoms with E-state index in [0.717, 1.165) is 0 Å². The van der Waals surface area contributed by atoms with Crippen LogP contribution in [0.5, 0.6) is 0 Å². The van der Waals surface area contributed by atoms with Crippen LogP contribution in [0, 0.1) is 6.92 Å². The Morgan fingerprint density at radius 2 is 2.10 bits per heavy atom. The molecule has 3 N–H and O–H groups in total. The molecule has 2 heterocycles. The molecular weight excluding hydrogens is 262 g/mol. The van der Waals surface area contributed by atoms with Gasteiger partial charge in [0.15, 0.2) is 0 Å². The van der Waals surface area contributed by atoms with Gasteiger partial charge in [-0.25, -0.2) is 9.78 Å². The van der Waals surface area contributed by atoms with Gasteiger partial charge in [-0.3, -0.25) is 9.59 Å². The van der Waals surface area contributed by atoms with Gasteiger partial charge in [0.1, 0.15) is 11.7 Å². The van der Waals surface area contributed by atoms with E-state index < -0.39 is 23.8 Å². The topological polar surface area (TPSA) is 114 Å². The zero-order valence-corrected chi connectivity index (χ0v) is 11.0. The van der Waals surface area contributed by atoms with Gasteiger partial charge in [-0.2, -0.15) is 0 Å². The summed E-state index contributed by atoms with van der Waals surface area (Å²) in [5.41, 5.74) is 5.70. The summed E-state index contributed by atoms with van der Waals surface area (Å²) in [6.07, 6.45) is 1.26. The van der Waals surface area contributed by atoms with Crippen LogP contribution in [-0.4, -0.2) is 45.4 Å². The van der Waals surface area contributed by atoms with E-state index in [1.165, 1.54) is 24.0 Å². The first-order chi connectivity index (χ1) is 9.41. The number of aromatic carboxylic acids is 1. The number of rotatable bonds is 3. The largest absolute Gasteiger partial charge is 0.478 e. The molecule has 7 heteroatoms. The van der Waals surface area contributed by atoms with Gasteiger partial charge in [0.25, 0.3) is 5.91 Å². The molecular formula is C13H15N3O4. The maximum absolute atomic E-state index is 12.3.